The molecular weight excluding hydrogens is 334 g/mol. The Labute approximate surface area is 154 Å². The van der Waals surface area contributed by atoms with Crippen molar-refractivity contribution in [2.75, 3.05) is 13.2 Å². The molecule has 0 aromatic heterocycles. The van der Waals surface area contributed by atoms with Crippen LogP contribution in [0, 0.1) is 5.41 Å². The van der Waals surface area contributed by atoms with Crippen LogP contribution >= 0.6 is 0 Å². The molecule has 2 N–H and O–H groups in total. The van der Waals surface area contributed by atoms with E-state index in [9.17, 15) is 14.7 Å². The molecule has 26 heavy (non-hydrogen) atoms. The molecule has 6 nitrogen and oxygen atoms in total. The molecule has 1 aliphatic rings. The maximum absolute atomic E-state index is 12.5. The molecule has 1 amide bonds. The zero-order valence-corrected chi connectivity index (χ0v) is 16.0. The molecule has 1 saturated carbocycles. The van der Waals surface area contributed by atoms with E-state index in [-0.39, 0.29) is 24.9 Å². The highest BCUT2D eigenvalue weighted by Gasteiger charge is 2.66. The van der Waals surface area contributed by atoms with E-state index in [0.29, 0.717) is 19.0 Å². The van der Waals surface area contributed by atoms with Gasteiger partial charge < -0.3 is 19.9 Å². The minimum atomic E-state index is -1.31. The molecular formula is C20H29NO5. The Hall–Kier alpha value is -2.08. The van der Waals surface area contributed by atoms with Gasteiger partial charge in [0.25, 0.3) is 0 Å². The van der Waals surface area contributed by atoms with Crippen molar-refractivity contribution in [2.45, 2.75) is 58.6 Å². The lowest BCUT2D eigenvalue weighted by Gasteiger charge is -2.58. The first-order chi connectivity index (χ1) is 12.3. The lowest BCUT2D eigenvalue weighted by molar-refractivity contribution is -0.194. The van der Waals surface area contributed by atoms with Crippen LogP contribution in [-0.2, 0) is 20.7 Å². The van der Waals surface area contributed by atoms with Crippen molar-refractivity contribution in [3.63, 3.8) is 0 Å². The van der Waals surface area contributed by atoms with E-state index in [2.05, 4.69) is 5.32 Å². The largest absolute Gasteiger partial charge is 0.494 e. The van der Waals surface area contributed by atoms with Gasteiger partial charge in [0, 0.05) is 18.4 Å². The van der Waals surface area contributed by atoms with E-state index >= 15 is 0 Å². The molecule has 1 fully saturated rings. The van der Waals surface area contributed by atoms with Crippen molar-refractivity contribution in [3.8, 4) is 5.75 Å². The number of ether oxygens (including phenoxy) is 2. The monoisotopic (exact) mass is 363 g/mol. The van der Waals surface area contributed by atoms with Gasteiger partial charge in [-0.15, -0.1) is 0 Å². The van der Waals surface area contributed by atoms with Crippen LogP contribution in [0.15, 0.2) is 24.3 Å². The maximum Gasteiger partial charge on any atom is 0.330 e. The minimum Gasteiger partial charge on any atom is -0.494 e. The van der Waals surface area contributed by atoms with Crippen molar-refractivity contribution >= 4 is 11.9 Å². The van der Waals surface area contributed by atoms with Gasteiger partial charge in [-0.3, -0.25) is 4.79 Å². The number of hydrogen-bond donors (Lipinski definition) is 2. The maximum atomic E-state index is 12.5. The van der Waals surface area contributed by atoms with E-state index in [1.807, 2.05) is 52.0 Å². The zero-order valence-electron chi connectivity index (χ0n) is 16.0. The topological polar surface area (TPSA) is 84.9 Å². The Kier molecular flexibility index (Phi) is 6.29. The third kappa shape index (κ3) is 3.85. The van der Waals surface area contributed by atoms with Crippen molar-refractivity contribution in [3.05, 3.63) is 29.8 Å². The highest BCUT2D eigenvalue weighted by Crippen LogP contribution is 2.51. The van der Waals surface area contributed by atoms with Crippen LogP contribution in [0.5, 0.6) is 5.75 Å². The molecule has 2 unspecified atom stereocenters. The van der Waals surface area contributed by atoms with E-state index in [0.717, 1.165) is 12.0 Å². The number of benzene rings is 1. The van der Waals surface area contributed by atoms with Gasteiger partial charge in [-0.1, -0.05) is 32.9 Å². The van der Waals surface area contributed by atoms with Gasteiger partial charge in [-0.05, 0) is 31.0 Å². The van der Waals surface area contributed by atoms with Gasteiger partial charge in [0.1, 0.15) is 11.3 Å². The second kappa shape index (κ2) is 8.08. The van der Waals surface area contributed by atoms with Gasteiger partial charge in [0.2, 0.25) is 5.91 Å². The predicted molar refractivity (Wildman–Crippen MR) is 98.3 cm³/mol. The van der Waals surface area contributed by atoms with Gasteiger partial charge in [-0.25, -0.2) is 4.79 Å². The number of amides is 1. The van der Waals surface area contributed by atoms with Crippen LogP contribution in [-0.4, -0.2) is 41.8 Å². The number of aliphatic carboxylic acids is 1. The van der Waals surface area contributed by atoms with E-state index in [1.54, 1.807) is 0 Å². The lowest BCUT2D eigenvalue weighted by atomic mass is 9.54. The van der Waals surface area contributed by atoms with Gasteiger partial charge in [-0.2, -0.15) is 0 Å². The molecule has 144 valence electrons. The van der Waals surface area contributed by atoms with Crippen LogP contribution in [0.2, 0.25) is 0 Å². The molecule has 1 aromatic carbocycles. The third-order valence-electron chi connectivity index (χ3n) is 5.22. The number of carbonyl (C=O) groups is 2. The first-order valence-corrected chi connectivity index (χ1v) is 9.14. The number of carboxylic acids is 1. The first-order valence-electron chi connectivity index (χ1n) is 9.14. The van der Waals surface area contributed by atoms with E-state index in [4.69, 9.17) is 9.47 Å². The summed E-state index contributed by atoms with van der Waals surface area (Å²) in [6.45, 7) is 8.68. The van der Waals surface area contributed by atoms with Crippen LogP contribution in [0.3, 0.4) is 0 Å². The molecule has 2 atom stereocenters. The molecule has 0 spiro atoms. The number of carbonyl (C=O) groups excluding carboxylic acids is 1. The van der Waals surface area contributed by atoms with Gasteiger partial charge in [0.05, 0.1) is 19.1 Å². The van der Waals surface area contributed by atoms with Crippen molar-refractivity contribution in [1.29, 1.82) is 0 Å². The Morgan fingerprint density at radius 3 is 2.62 bits per heavy atom. The summed E-state index contributed by atoms with van der Waals surface area (Å²) in [5, 5.41) is 12.5. The number of hydrogen-bond acceptors (Lipinski definition) is 4. The van der Waals surface area contributed by atoms with E-state index < -0.39 is 16.9 Å². The molecule has 0 saturated heterocycles. The number of rotatable bonds is 9. The highest BCUT2D eigenvalue weighted by molar-refractivity contribution is 5.90. The van der Waals surface area contributed by atoms with Crippen LogP contribution in [0.1, 0.15) is 46.1 Å². The summed E-state index contributed by atoms with van der Waals surface area (Å²) < 4.78 is 11.2. The zero-order chi connectivity index (χ0) is 19.4. The Morgan fingerprint density at radius 2 is 2.04 bits per heavy atom. The standard InChI is InChI=1S/C20H29NO5/c1-5-10-26-15-9-7-8-14(11-15)12-17(22)21-20(18(23)24)13-16(25-6-2)19(20,3)4/h7-9,11,16H,5-6,10,12-13H2,1-4H3,(H,21,22)(H,23,24). The Bertz CT molecular complexity index is 657. The average molecular weight is 363 g/mol. The van der Waals surface area contributed by atoms with Gasteiger partial charge in [0.15, 0.2) is 0 Å². The molecule has 0 radical (unpaired) electrons. The quantitative estimate of drug-likeness (QED) is 0.705. The van der Waals surface area contributed by atoms with Gasteiger partial charge >= 0.3 is 5.97 Å². The predicted octanol–water partition coefficient (Wildman–Crippen LogP) is 2.79. The summed E-state index contributed by atoms with van der Waals surface area (Å²) in [5.41, 5.74) is -1.20. The SMILES string of the molecule is CCCOc1cccc(CC(=O)NC2(C(=O)O)CC(OCC)C2(C)C)c1. The fraction of sp³-hybridized carbons (Fsp3) is 0.600. The minimum absolute atomic E-state index is 0.105. The molecule has 1 aliphatic carbocycles. The smallest absolute Gasteiger partial charge is 0.330 e. The molecule has 0 heterocycles. The molecule has 0 aliphatic heterocycles. The fourth-order valence-electron chi connectivity index (χ4n) is 3.47. The lowest BCUT2D eigenvalue weighted by Crippen LogP contribution is -2.76. The van der Waals surface area contributed by atoms with Crippen molar-refractivity contribution in [2.24, 2.45) is 5.41 Å². The fourth-order valence-corrected chi connectivity index (χ4v) is 3.47. The van der Waals surface area contributed by atoms with Crippen LogP contribution < -0.4 is 10.1 Å². The first kappa shape index (κ1) is 20.2. The molecule has 0 bridgehead atoms. The second-order valence-electron chi connectivity index (χ2n) is 7.30. The summed E-state index contributed by atoms with van der Waals surface area (Å²) >= 11 is 0. The van der Waals surface area contributed by atoms with Crippen molar-refractivity contribution < 1.29 is 24.2 Å². The van der Waals surface area contributed by atoms with Crippen LogP contribution in [0.4, 0.5) is 0 Å². The van der Waals surface area contributed by atoms with Crippen molar-refractivity contribution in [1.82, 2.24) is 5.32 Å². The number of nitrogens with one attached hydrogen (secondary N) is 1. The van der Waals surface area contributed by atoms with Crippen LogP contribution in [0.25, 0.3) is 0 Å². The number of carboxylic acid groups (broad SMARTS) is 1. The molecule has 2 rings (SSSR count). The molecule has 1 aromatic rings. The highest BCUT2D eigenvalue weighted by atomic mass is 16.5. The summed E-state index contributed by atoms with van der Waals surface area (Å²) in [5.74, 6) is -0.625. The summed E-state index contributed by atoms with van der Waals surface area (Å²) in [6.07, 6.45) is 1.10. The summed E-state index contributed by atoms with van der Waals surface area (Å²) in [7, 11) is 0. The molecule has 6 heteroatoms. The van der Waals surface area contributed by atoms with E-state index in [1.165, 1.54) is 0 Å². The second-order valence-corrected chi connectivity index (χ2v) is 7.30. The summed E-state index contributed by atoms with van der Waals surface area (Å²) in [4.78, 5) is 24.5. The Balaban J connectivity index is 2.07. The third-order valence-corrected chi connectivity index (χ3v) is 5.22. The summed E-state index contributed by atoms with van der Waals surface area (Å²) in [6, 6.07) is 7.33. The average Bonchev–Trinajstić information content (AvgIpc) is 2.58. The Morgan fingerprint density at radius 1 is 1.31 bits per heavy atom. The normalized spacial score (nSPS) is 23.8.